The summed E-state index contributed by atoms with van der Waals surface area (Å²) in [5.74, 6) is -0.729. The smallest absolute Gasteiger partial charge is 0.256 e. The minimum atomic E-state index is -0.670. The molecule has 242 valence electrons. The Hall–Kier alpha value is -5.19. The number of likely N-dealkylation sites (tertiary alicyclic amines) is 1. The Kier molecular flexibility index (Phi) is 9.51. The molecule has 0 bridgehead atoms. The molecule has 47 heavy (non-hydrogen) atoms. The Morgan fingerprint density at radius 3 is 2.51 bits per heavy atom. The van der Waals surface area contributed by atoms with Gasteiger partial charge in [0.25, 0.3) is 17.7 Å². The number of anilines is 3. The van der Waals surface area contributed by atoms with Gasteiger partial charge < -0.3 is 36.3 Å². The van der Waals surface area contributed by atoms with Crippen molar-refractivity contribution >= 4 is 46.4 Å². The SMILES string of the molecule is Cc1[nH]c(/C=C2\C(=O)Nc3cc(C(=O)Nc4cccc(NCC(O)c5ccccc5)c4)ccc32)c(C)c1C(=O)NCCN1CCCC1. The molecule has 0 saturated carbocycles. The van der Waals surface area contributed by atoms with E-state index in [9.17, 15) is 19.5 Å². The number of hydrogen-bond donors (Lipinski definition) is 6. The number of aryl methyl sites for hydroxylation is 1. The number of aromatic nitrogens is 1. The highest BCUT2D eigenvalue weighted by Gasteiger charge is 2.27. The molecule has 2 aliphatic heterocycles. The highest BCUT2D eigenvalue weighted by Crippen LogP contribution is 2.35. The van der Waals surface area contributed by atoms with Gasteiger partial charge in [-0.25, -0.2) is 0 Å². The molecule has 2 aliphatic rings. The van der Waals surface area contributed by atoms with Crippen LogP contribution < -0.4 is 21.3 Å². The van der Waals surface area contributed by atoms with Crippen molar-refractivity contribution in [3.05, 3.63) is 112 Å². The summed E-state index contributed by atoms with van der Waals surface area (Å²) in [7, 11) is 0. The lowest BCUT2D eigenvalue weighted by Crippen LogP contribution is -2.33. The van der Waals surface area contributed by atoms with E-state index in [1.807, 2.05) is 56.3 Å². The van der Waals surface area contributed by atoms with Gasteiger partial charge in [-0.3, -0.25) is 14.4 Å². The third-order valence-electron chi connectivity index (χ3n) is 8.77. The lowest BCUT2D eigenvalue weighted by Gasteiger charge is -2.14. The van der Waals surface area contributed by atoms with Crippen LogP contribution in [0.5, 0.6) is 0 Å². The zero-order valence-corrected chi connectivity index (χ0v) is 26.7. The Morgan fingerprint density at radius 1 is 0.957 bits per heavy atom. The van der Waals surface area contributed by atoms with Crippen molar-refractivity contribution in [2.24, 2.45) is 0 Å². The molecule has 10 nitrogen and oxygen atoms in total. The molecule has 3 amide bonds. The second-order valence-corrected chi connectivity index (χ2v) is 12.1. The van der Waals surface area contributed by atoms with E-state index in [1.165, 1.54) is 12.8 Å². The zero-order chi connectivity index (χ0) is 32.9. The molecule has 6 N–H and O–H groups in total. The van der Waals surface area contributed by atoms with E-state index in [0.717, 1.165) is 42.1 Å². The summed E-state index contributed by atoms with van der Waals surface area (Å²) in [6, 6.07) is 21.8. The number of amides is 3. The average Bonchev–Trinajstić information content (AvgIpc) is 3.77. The van der Waals surface area contributed by atoms with E-state index < -0.39 is 6.10 Å². The lowest BCUT2D eigenvalue weighted by atomic mass is 10.0. The molecule has 3 aromatic carbocycles. The molecule has 1 atom stereocenters. The van der Waals surface area contributed by atoms with Crippen LogP contribution in [-0.4, -0.2) is 65.4 Å². The van der Waals surface area contributed by atoms with Crippen molar-refractivity contribution in [2.75, 3.05) is 48.7 Å². The molecule has 0 radical (unpaired) electrons. The number of H-pyrrole nitrogens is 1. The largest absolute Gasteiger partial charge is 0.387 e. The molecular formula is C37H40N6O4. The molecule has 1 fully saturated rings. The van der Waals surface area contributed by atoms with Crippen LogP contribution in [0.2, 0.25) is 0 Å². The number of nitrogens with one attached hydrogen (secondary N) is 5. The maximum atomic E-state index is 13.2. The molecule has 4 aromatic rings. The predicted octanol–water partition coefficient (Wildman–Crippen LogP) is 5.35. The number of nitrogens with zero attached hydrogens (tertiary/aromatic N) is 1. The fraction of sp³-hybridized carbons (Fsp3) is 0.270. The summed E-state index contributed by atoms with van der Waals surface area (Å²) in [6.45, 7) is 7.65. The Labute approximate surface area is 274 Å². The molecule has 6 rings (SSSR count). The molecular weight excluding hydrogens is 592 g/mol. The van der Waals surface area contributed by atoms with Gasteiger partial charge in [0.15, 0.2) is 0 Å². The second kappa shape index (κ2) is 14.1. The van der Waals surface area contributed by atoms with Crippen LogP contribution in [0, 0.1) is 13.8 Å². The maximum Gasteiger partial charge on any atom is 0.256 e. The molecule has 10 heteroatoms. The standard InChI is InChI=1S/C37H40N6O4/c1-23-31(40-24(2)34(23)37(47)38-15-18-43-16-6-7-17-43)21-30-29-14-13-26(19-32(29)42-36(30)46)35(45)41-28-12-8-11-27(20-28)39-22-33(44)25-9-4-3-5-10-25/h3-5,8-14,19-21,33,39-40,44H,6-7,15-18,22H2,1-2H3,(H,38,47)(H,41,45)(H,42,46)/b30-21-. The van der Waals surface area contributed by atoms with Crippen molar-refractivity contribution < 1.29 is 19.5 Å². The maximum absolute atomic E-state index is 13.2. The Balaban J connectivity index is 1.11. The average molecular weight is 633 g/mol. The number of aromatic amines is 1. The first-order chi connectivity index (χ1) is 22.8. The molecule has 0 aliphatic carbocycles. The van der Waals surface area contributed by atoms with E-state index in [0.29, 0.717) is 52.4 Å². The first kappa shape index (κ1) is 31.8. The number of fused-ring (bicyclic) bond motifs is 1. The number of benzene rings is 3. The molecule has 0 spiro atoms. The van der Waals surface area contributed by atoms with Gasteiger partial charge in [-0.05, 0) is 87.3 Å². The van der Waals surface area contributed by atoms with E-state index >= 15 is 0 Å². The summed E-state index contributed by atoms with van der Waals surface area (Å²) in [4.78, 5) is 44.9. The topological polar surface area (TPSA) is 139 Å². The number of aliphatic hydroxyl groups is 1. The van der Waals surface area contributed by atoms with Crippen LogP contribution in [0.25, 0.3) is 11.6 Å². The molecule has 3 heterocycles. The fourth-order valence-electron chi connectivity index (χ4n) is 6.22. The third kappa shape index (κ3) is 7.29. The van der Waals surface area contributed by atoms with Gasteiger partial charge >= 0.3 is 0 Å². The number of aliphatic hydroxyl groups excluding tert-OH is 1. The van der Waals surface area contributed by atoms with Crippen molar-refractivity contribution in [1.29, 1.82) is 0 Å². The summed E-state index contributed by atoms with van der Waals surface area (Å²) in [5.41, 5.74) is 7.03. The van der Waals surface area contributed by atoms with Crippen LogP contribution in [0.3, 0.4) is 0 Å². The van der Waals surface area contributed by atoms with E-state index in [1.54, 1.807) is 36.4 Å². The van der Waals surface area contributed by atoms with Gasteiger partial charge in [0.05, 0.1) is 17.2 Å². The van der Waals surface area contributed by atoms with Crippen molar-refractivity contribution in [3.63, 3.8) is 0 Å². The number of hydrogen-bond acceptors (Lipinski definition) is 6. The first-order valence-electron chi connectivity index (χ1n) is 16.0. The van der Waals surface area contributed by atoms with Gasteiger partial charge in [-0.15, -0.1) is 0 Å². The van der Waals surface area contributed by atoms with Crippen molar-refractivity contribution in [2.45, 2.75) is 32.8 Å². The number of rotatable bonds is 11. The van der Waals surface area contributed by atoms with Gasteiger partial charge in [0, 0.05) is 59.2 Å². The normalized spacial score (nSPS) is 15.7. The highest BCUT2D eigenvalue weighted by atomic mass is 16.3. The lowest BCUT2D eigenvalue weighted by molar-refractivity contribution is -0.110. The minimum absolute atomic E-state index is 0.127. The van der Waals surface area contributed by atoms with Crippen LogP contribution in [0.4, 0.5) is 17.1 Å². The molecule has 1 aromatic heterocycles. The quantitative estimate of drug-likeness (QED) is 0.123. The first-order valence-corrected chi connectivity index (χ1v) is 16.0. The number of carbonyl (C=O) groups excluding carboxylic acids is 3. The fourth-order valence-corrected chi connectivity index (χ4v) is 6.22. The van der Waals surface area contributed by atoms with Crippen molar-refractivity contribution in [1.82, 2.24) is 15.2 Å². The minimum Gasteiger partial charge on any atom is -0.387 e. The number of carbonyl (C=O) groups is 3. The molecule has 1 unspecified atom stereocenters. The summed E-state index contributed by atoms with van der Waals surface area (Å²) < 4.78 is 0. The van der Waals surface area contributed by atoms with Crippen LogP contribution in [-0.2, 0) is 4.79 Å². The highest BCUT2D eigenvalue weighted by molar-refractivity contribution is 6.35. The van der Waals surface area contributed by atoms with Gasteiger partial charge in [-0.2, -0.15) is 0 Å². The van der Waals surface area contributed by atoms with E-state index in [-0.39, 0.29) is 17.7 Å². The van der Waals surface area contributed by atoms with Gasteiger partial charge in [-0.1, -0.05) is 42.5 Å². The predicted molar refractivity (Wildman–Crippen MR) is 186 cm³/mol. The Bertz CT molecular complexity index is 1820. The summed E-state index contributed by atoms with van der Waals surface area (Å²) in [6.07, 6.45) is 3.51. The summed E-state index contributed by atoms with van der Waals surface area (Å²) in [5, 5.41) is 22.5. The Morgan fingerprint density at radius 2 is 1.72 bits per heavy atom. The van der Waals surface area contributed by atoms with Crippen molar-refractivity contribution in [3.8, 4) is 0 Å². The molecule has 1 saturated heterocycles. The van der Waals surface area contributed by atoms with Crippen LogP contribution in [0.15, 0.2) is 72.8 Å². The van der Waals surface area contributed by atoms with E-state index in [4.69, 9.17) is 0 Å². The van der Waals surface area contributed by atoms with Gasteiger partial charge in [0.1, 0.15) is 0 Å². The summed E-state index contributed by atoms with van der Waals surface area (Å²) >= 11 is 0. The van der Waals surface area contributed by atoms with Crippen LogP contribution in [0.1, 0.15) is 67.7 Å². The van der Waals surface area contributed by atoms with Gasteiger partial charge in [0.2, 0.25) is 0 Å². The second-order valence-electron chi connectivity index (χ2n) is 12.1. The zero-order valence-electron chi connectivity index (χ0n) is 26.7. The van der Waals surface area contributed by atoms with Crippen LogP contribution >= 0.6 is 0 Å². The van der Waals surface area contributed by atoms with E-state index in [2.05, 4.69) is 31.2 Å². The monoisotopic (exact) mass is 632 g/mol. The third-order valence-corrected chi connectivity index (χ3v) is 8.77.